The SMILES string of the molecule is CSc1c(F)cccc1C1(CN)CCC1. The first-order chi connectivity index (χ1) is 7.23. The van der Waals surface area contributed by atoms with E-state index in [9.17, 15) is 4.39 Å². The van der Waals surface area contributed by atoms with Gasteiger partial charge in [-0.05, 0) is 30.7 Å². The van der Waals surface area contributed by atoms with Crippen LogP contribution in [-0.2, 0) is 5.41 Å². The van der Waals surface area contributed by atoms with Gasteiger partial charge in [-0.15, -0.1) is 11.8 Å². The number of rotatable bonds is 3. The van der Waals surface area contributed by atoms with Gasteiger partial charge in [0.25, 0.3) is 0 Å². The Kier molecular flexibility index (Phi) is 3.03. The third-order valence-corrected chi connectivity index (χ3v) is 4.27. The summed E-state index contributed by atoms with van der Waals surface area (Å²) in [6.45, 7) is 0.629. The van der Waals surface area contributed by atoms with Gasteiger partial charge in [-0.3, -0.25) is 0 Å². The molecule has 1 nitrogen and oxygen atoms in total. The number of hydrogen-bond donors (Lipinski definition) is 1. The minimum Gasteiger partial charge on any atom is -0.330 e. The van der Waals surface area contributed by atoms with E-state index in [1.807, 2.05) is 12.3 Å². The molecule has 1 aromatic carbocycles. The van der Waals surface area contributed by atoms with Crippen LogP contribution in [0.3, 0.4) is 0 Å². The highest BCUT2D eigenvalue weighted by Crippen LogP contribution is 2.46. The first-order valence-electron chi connectivity index (χ1n) is 5.26. The smallest absolute Gasteiger partial charge is 0.137 e. The number of hydrogen-bond acceptors (Lipinski definition) is 2. The molecule has 1 aromatic rings. The molecule has 0 heterocycles. The Labute approximate surface area is 94.2 Å². The topological polar surface area (TPSA) is 26.0 Å². The predicted molar refractivity (Wildman–Crippen MR) is 62.8 cm³/mol. The average Bonchev–Trinajstić information content (AvgIpc) is 2.17. The van der Waals surface area contributed by atoms with E-state index >= 15 is 0 Å². The zero-order valence-corrected chi connectivity index (χ0v) is 9.74. The summed E-state index contributed by atoms with van der Waals surface area (Å²) in [6, 6.07) is 5.35. The molecule has 82 valence electrons. The Hall–Kier alpha value is -0.540. The lowest BCUT2D eigenvalue weighted by Gasteiger charge is -2.42. The van der Waals surface area contributed by atoms with Crippen molar-refractivity contribution in [3.05, 3.63) is 29.6 Å². The minimum absolute atomic E-state index is 0.0560. The molecule has 0 atom stereocenters. The van der Waals surface area contributed by atoms with E-state index in [1.54, 1.807) is 6.07 Å². The molecule has 1 saturated carbocycles. The molecular weight excluding hydrogens is 209 g/mol. The zero-order valence-electron chi connectivity index (χ0n) is 8.92. The second kappa shape index (κ2) is 4.14. The van der Waals surface area contributed by atoms with Gasteiger partial charge in [-0.1, -0.05) is 18.6 Å². The van der Waals surface area contributed by atoms with Crippen molar-refractivity contribution in [3.8, 4) is 0 Å². The van der Waals surface area contributed by atoms with Crippen molar-refractivity contribution < 1.29 is 4.39 Å². The summed E-state index contributed by atoms with van der Waals surface area (Å²) >= 11 is 1.48. The molecule has 2 N–H and O–H groups in total. The fourth-order valence-corrected chi connectivity index (χ4v) is 3.09. The molecule has 0 spiro atoms. The largest absolute Gasteiger partial charge is 0.330 e. The van der Waals surface area contributed by atoms with E-state index in [4.69, 9.17) is 5.73 Å². The highest BCUT2D eigenvalue weighted by molar-refractivity contribution is 7.98. The van der Waals surface area contributed by atoms with Crippen LogP contribution in [-0.4, -0.2) is 12.8 Å². The van der Waals surface area contributed by atoms with Gasteiger partial charge in [0.15, 0.2) is 0 Å². The molecule has 0 aliphatic heterocycles. The summed E-state index contributed by atoms with van der Waals surface area (Å²) in [5.74, 6) is -0.111. The van der Waals surface area contributed by atoms with E-state index in [-0.39, 0.29) is 11.2 Å². The molecule has 0 radical (unpaired) electrons. The van der Waals surface area contributed by atoms with E-state index < -0.39 is 0 Å². The quantitative estimate of drug-likeness (QED) is 0.800. The van der Waals surface area contributed by atoms with Crippen LogP contribution < -0.4 is 5.73 Å². The predicted octanol–water partition coefficient (Wildman–Crippen LogP) is 2.93. The van der Waals surface area contributed by atoms with Gasteiger partial charge in [0, 0.05) is 16.9 Å². The third kappa shape index (κ3) is 1.68. The van der Waals surface area contributed by atoms with Gasteiger partial charge >= 0.3 is 0 Å². The normalized spacial score (nSPS) is 18.6. The second-order valence-electron chi connectivity index (χ2n) is 4.16. The zero-order chi connectivity index (χ0) is 10.9. The first-order valence-corrected chi connectivity index (χ1v) is 6.49. The van der Waals surface area contributed by atoms with Crippen LogP contribution in [0.5, 0.6) is 0 Å². The molecule has 1 aliphatic carbocycles. The van der Waals surface area contributed by atoms with Crippen LogP contribution in [0.1, 0.15) is 24.8 Å². The molecule has 0 bridgehead atoms. The third-order valence-electron chi connectivity index (χ3n) is 3.44. The van der Waals surface area contributed by atoms with Crippen molar-refractivity contribution in [2.75, 3.05) is 12.8 Å². The first kappa shape index (κ1) is 11.0. The number of halogens is 1. The monoisotopic (exact) mass is 225 g/mol. The van der Waals surface area contributed by atoms with Crippen molar-refractivity contribution in [2.45, 2.75) is 29.6 Å². The minimum atomic E-state index is -0.111. The second-order valence-corrected chi connectivity index (χ2v) is 4.98. The van der Waals surface area contributed by atoms with Crippen LogP contribution >= 0.6 is 11.8 Å². The number of benzene rings is 1. The van der Waals surface area contributed by atoms with E-state index in [2.05, 4.69) is 0 Å². The molecule has 0 saturated heterocycles. The fraction of sp³-hybridized carbons (Fsp3) is 0.500. The van der Waals surface area contributed by atoms with Crippen molar-refractivity contribution in [1.82, 2.24) is 0 Å². The van der Waals surface area contributed by atoms with Gasteiger partial charge in [0.2, 0.25) is 0 Å². The van der Waals surface area contributed by atoms with Gasteiger partial charge < -0.3 is 5.73 Å². The van der Waals surface area contributed by atoms with Crippen molar-refractivity contribution in [2.24, 2.45) is 5.73 Å². The standard InChI is InChI=1S/C12H16FNS/c1-15-11-9(4-2-5-10(11)13)12(8-14)6-3-7-12/h2,4-5H,3,6-8,14H2,1H3. The molecule has 0 amide bonds. The molecule has 1 fully saturated rings. The molecule has 3 heteroatoms. The lowest BCUT2D eigenvalue weighted by Crippen LogP contribution is -2.42. The van der Waals surface area contributed by atoms with E-state index in [0.717, 1.165) is 23.3 Å². The summed E-state index contributed by atoms with van der Waals surface area (Å²) in [6.07, 6.45) is 5.33. The average molecular weight is 225 g/mol. The highest BCUT2D eigenvalue weighted by atomic mass is 32.2. The Balaban J connectivity index is 2.46. The molecule has 2 rings (SSSR count). The van der Waals surface area contributed by atoms with Crippen molar-refractivity contribution in [1.29, 1.82) is 0 Å². The molecule has 15 heavy (non-hydrogen) atoms. The summed E-state index contributed by atoms with van der Waals surface area (Å²) in [7, 11) is 0. The van der Waals surface area contributed by atoms with Crippen molar-refractivity contribution >= 4 is 11.8 Å². The van der Waals surface area contributed by atoms with Crippen molar-refractivity contribution in [3.63, 3.8) is 0 Å². The molecule has 0 unspecified atom stereocenters. The maximum atomic E-state index is 13.6. The number of thioether (sulfide) groups is 1. The van der Waals surface area contributed by atoms with E-state index in [0.29, 0.717) is 6.54 Å². The molecule has 0 aromatic heterocycles. The van der Waals surface area contributed by atoms with Crippen LogP contribution in [0.2, 0.25) is 0 Å². The van der Waals surface area contributed by atoms with E-state index in [1.165, 1.54) is 24.2 Å². The van der Waals surface area contributed by atoms with Crippen LogP contribution in [0.15, 0.2) is 23.1 Å². The van der Waals surface area contributed by atoms with Crippen LogP contribution in [0, 0.1) is 5.82 Å². The van der Waals surface area contributed by atoms with Gasteiger partial charge in [0.05, 0.1) is 0 Å². The maximum absolute atomic E-state index is 13.6. The Morgan fingerprint density at radius 2 is 2.20 bits per heavy atom. The van der Waals surface area contributed by atoms with Gasteiger partial charge in [-0.2, -0.15) is 0 Å². The van der Waals surface area contributed by atoms with Crippen LogP contribution in [0.25, 0.3) is 0 Å². The summed E-state index contributed by atoms with van der Waals surface area (Å²) < 4.78 is 13.6. The molecular formula is C12H16FNS. The highest BCUT2D eigenvalue weighted by Gasteiger charge is 2.39. The van der Waals surface area contributed by atoms with Crippen LogP contribution in [0.4, 0.5) is 4.39 Å². The van der Waals surface area contributed by atoms with Gasteiger partial charge in [-0.25, -0.2) is 4.39 Å². The Morgan fingerprint density at radius 1 is 1.47 bits per heavy atom. The lowest BCUT2D eigenvalue weighted by atomic mass is 9.64. The number of nitrogens with two attached hydrogens (primary N) is 1. The fourth-order valence-electron chi connectivity index (χ4n) is 2.32. The van der Waals surface area contributed by atoms with Gasteiger partial charge in [0.1, 0.15) is 5.82 Å². The Morgan fingerprint density at radius 3 is 2.67 bits per heavy atom. The maximum Gasteiger partial charge on any atom is 0.137 e. The Bertz CT molecular complexity index is 355. The summed E-state index contributed by atoms with van der Waals surface area (Å²) in [5, 5.41) is 0. The lowest BCUT2D eigenvalue weighted by molar-refractivity contribution is 0.247. The summed E-state index contributed by atoms with van der Waals surface area (Å²) in [5.41, 5.74) is 7.01. The molecule has 1 aliphatic rings. The summed E-state index contributed by atoms with van der Waals surface area (Å²) in [4.78, 5) is 0.780.